The molecule has 78 valence electrons. The maximum atomic E-state index is 10.4. The van der Waals surface area contributed by atoms with E-state index < -0.39 is 5.97 Å². The average molecular weight is 218 g/mol. The fourth-order valence-electron chi connectivity index (χ4n) is 1.75. The summed E-state index contributed by atoms with van der Waals surface area (Å²) in [4.78, 5) is 10.4. The van der Waals surface area contributed by atoms with Crippen LogP contribution in [0.2, 0.25) is 0 Å². The molecular formula is C8H12ClN3O2. The highest BCUT2D eigenvalue weighted by Gasteiger charge is 2.31. The molecule has 1 aromatic rings. The maximum Gasteiger partial charge on any atom is 0.303 e. The molecule has 1 saturated carbocycles. The van der Waals surface area contributed by atoms with Crippen LogP contribution in [0.25, 0.3) is 0 Å². The maximum absolute atomic E-state index is 10.4. The summed E-state index contributed by atoms with van der Waals surface area (Å²) in [6.07, 6.45) is 5.52. The Bertz CT molecular complexity index is 296. The van der Waals surface area contributed by atoms with Gasteiger partial charge in [-0.2, -0.15) is 0 Å². The monoisotopic (exact) mass is 217 g/mol. The van der Waals surface area contributed by atoms with Crippen molar-refractivity contribution in [3.63, 3.8) is 0 Å². The number of hydrogen-bond acceptors (Lipinski definition) is 3. The normalized spacial score (nSPS) is 24.9. The lowest BCUT2D eigenvalue weighted by Crippen LogP contribution is -2.27. The first-order chi connectivity index (χ1) is 6.25. The van der Waals surface area contributed by atoms with Crippen LogP contribution < -0.4 is 0 Å². The van der Waals surface area contributed by atoms with Crippen molar-refractivity contribution in [2.45, 2.75) is 25.3 Å². The lowest BCUT2D eigenvalue weighted by atomic mass is 9.78. The number of aliphatic carboxylic acids is 1. The third-order valence-electron chi connectivity index (χ3n) is 2.53. The number of nitrogens with zero attached hydrogens (tertiary/aromatic N) is 3. The first-order valence-electron chi connectivity index (χ1n) is 4.31. The van der Waals surface area contributed by atoms with E-state index in [1.54, 1.807) is 12.7 Å². The molecule has 1 aromatic heterocycles. The summed E-state index contributed by atoms with van der Waals surface area (Å²) in [6.45, 7) is 0. The molecule has 0 unspecified atom stereocenters. The van der Waals surface area contributed by atoms with Crippen LogP contribution in [-0.2, 0) is 4.79 Å². The van der Waals surface area contributed by atoms with Gasteiger partial charge in [-0.1, -0.05) is 0 Å². The summed E-state index contributed by atoms with van der Waals surface area (Å²) < 4.78 is 1.94. The third kappa shape index (κ3) is 2.23. The molecule has 0 aliphatic heterocycles. The van der Waals surface area contributed by atoms with Gasteiger partial charge in [-0.3, -0.25) is 4.79 Å². The molecule has 2 rings (SSSR count). The Morgan fingerprint density at radius 3 is 2.50 bits per heavy atom. The van der Waals surface area contributed by atoms with Crippen molar-refractivity contribution < 1.29 is 9.90 Å². The van der Waals surface area contributed by atoms with E-state index in [1.165, 1.54) is 0 Å². The van der Waals surface area contributed by atoms with Crippen LogP contribution in [0.15, 0.2) is 12.7 Å². The van der Waals surface area contributed by atoms with Crippen molar-refractivity contribution in [3.8, 4) is 0 Å². The lowest BCUT2D eigenvalue weighted by molar-refractivity contribution is -0.139. The van der Waals surface area contributed by atoms with Crippen LogP contribution in [-0.4, -0.2) is 25.8 Å². The first-order valence-corrected chi connectivity index (χ1v) is 4.31. The van der Waals surface area contributed by atoms with E-state index in [0.29, 0.717) is 18.4 Å². The SMILES string of the molecule is Cl.O=C(O)CC1CC(n2cnnc2)C1. The van der Waals surface area contributed by atoms with Gasteiger partial charge in [0.05, 0.1) is 0 Å². The zero-order valence-electron chi connectivity index (χ0n) is 7.54. The molecule has 1 aliphatic carbocycles. The average Bonchev–Trinajstić information content (AvgIpc) is 2.46. The molecule has 1 heterocycles. The molecule has 0 saturated heterocycles. The standard InChI is InChI=1S/C8H11N3O2.ClH/c12-8(13)3-6-1-7(2-6)11-4-9-10-5-11;/h4-7H,1-3H2,(H,12,13);1H. The molecule has 0 bridgehead atoms. The highest BCUT2D eigenvalue weighted by atomic mass is 35.5. The Labute approximate surface area is 87.6 Å². The summed E-state index contributed by atoms with van der Waals surface area (Å²) in [7, 11) is 0. The van der Waals surface area contributed by atoms with Gasteiger partial charge in [0.25, 0.3) is 0 Å². The fraction of sp³-hybridized carbons (Fsp3) is 0.625. The second kappa shape index (κ2) is 4.41. The number of carbonyl (C=O) groups is 1. The molecule has 0 spiro atoms. The molecule has 5 nitrogen and oxygen atoms in total. The molecule has 0 amide bonds. The lowest BCUT2D eigenvalue weighted by Gasteiger charge is -2.34. The summed E-state index contributed by atoms with van der Waals surface area (Å²) in [5, 5.41) is 15.9. The topological polar surface area (TPSA) is 68.0 Å². The predicted molar refractivity (Wildman–Crippen MR) is 51.3 cm³/mol. The van der Waals surface area contributed by atoms with Crippen LogP contribution in [0.5, 0.6) is 0 Å². The minimum atomic E-state index is -0.702. The molecule has 6 heteroatoms. The van der Waals surface area contributed by atoms with Crippen molar-refractivity contribution in [1.82, 2.24) is 14.8 Å². The van der Waals surface area contributed by atoms with Gasteiger partial charge in [0, 0.05) is 12.5 Å². The van der Waals surface area contributed by atoms with Gasteiger partial charge in [-0.05, 0) is 18.8 Å². The van der Waals surface area contributed by atoms with Crippen molar-refractivity contribution >= 4 is 18.4 Å². The van der Waals surface area contributed by atoms with E-state index >= 15 is 0 Å². The van der Waals surface area contributed by atoms with E-state index in [2.05, 4.69) is 10.2 Å². The predicted octanol–water partition coefficient (Wildman–Crippen LogP) is 1.13. The molecule has 1 N–H and O–H groups in total. The van der Waals surface area contributed by atoms with Crippen LogP contribution in [0, 0.1) is 5.92 Å². The largest absolute Gasteiger partial charge is 0.481 e. The van der Waals surface area contributed by atoms with Gasteiger partial charge < -0.3 is 9.67 Å². The van der Waals surface area contributed by atoms with E-state index in [0.717, 1.165) is 12.8 Å². The van der Waals surface area contributed by atoms with Gasteiger partial charge in [-0.25, -0.2) is 0 Å². The Hall–Kier alpha value is -1.10. The van der Waals surface area contributed by atoms with Crippen molar-refractivity contribution in [2.24, 2.45) is 5.92 Å². The molecule has 0 atom stereocenters. The smallest absolute Gasteiger partial charge is 0.303 e. The zero-order chi connectivity index (χ0) is 9.26. The number of halogens is 1. The Morgan fingerprint density at radius 1 is 1.43 bits per heavy atom. The van der Waals surface area contributed by atoms with E-state index in [4.69, 9.17) is 5.11 Å². The van der Waals surface area contributed by atoms with Crippen LogP contribution in [0.1, 0.15) is 25.3 Å². The summed E-state index contributed by atoms with van der Waals surface area (Å²) in [6, 6.07) is 0.416. The van der Waals surface area contributed by atoms with Crippen molar-refractivity contribution in [3.05, 3.63) is 12.7 Å². The van der Waals surface area contributed by atoms with Crippen LogP contribution in [0.4, 0.5) is 0 Å². The van der Waals surface area contributed by atoms with Crippen LogP contribution >= 0.6 is 12.4 Å². The summed E-state index contributed by atoms with van der Waals surface area (Å²) >= 11 is 0. The molecule has 0 aromatic carbocycles. The quantitative estimate of drug-likeness (QED) is 0.824. The number of carboxylic acid groups (broad SMARTS) is 1. The van der Waals surface area contributed by atoms with Gasteiger partial charge in [0.2, 0.25) is 0 Å². The summed E-state index contributed by atoms with van der Waals surface area (Å²) in [5.41, 5.74) is 0. The van der Waals surface area contributed by atoms with Gasteiger partial charge in [0.15, 0.2) is 0 Å². The number of hydrogen-bond donors (Lipinski definition) is 1. The van der Waals surface area contributed by atoms with Crippen molar-refractivity contribution in [1.29, 1.82) is 0 Å². The Kier molecular flexibility index (Phi) is 3.46. The van der Waals surface area contributed by atoms with Gasteiger partial charge in [-0.15, -0.1) is 22.6 Å². The second-order valence-corrected chi connectivity index (χ2v) is 3.50. The molecule has 14 heavy (non-hydrogen) atoms. The highest BCUT2D eigenvalue weighted by molar-refractivity contribution is 5.85. The number of rotatable bonds is 3. The summed E-state index contributed by atoms with van der Waals surface area (Å²) in [5.74, 6) is -0.364. The number of carboxylic acids is 1. The van der Waals surface area contributed by atoms with E-state index in [9.17, 15) is 4.79 Å². The van der Waals surface area contributed by atoms with E-state index in [-0.39, 0.29) is 12.4 Å². The van der Waals surface area contributed by atoms with E-state index in [1.807, 2.05) is 4.57 Å². The highest BCUT2D eigenvalue weighted by Crippen LogP contribution is 2.39. The first kappa shape index (κ1) is 11.0. The fourth-order valence-corrected chi connectivity index (χ4v) is 1.75. The minimum Gasteiger partial charge on any atom is -0.481 e. The van der Waals surface area contributed by atoms with Gasteiger partial charge >= 0.3 is 5.97 Å². The Balaban J connectivity index is 0.000000980. The third-order valence-corrected chi connectivity index (χ3v) is 2.53. The van der Waals surface area contributed by atoms with Crippen molar-refractivity contribution in [2.75, 3.05) is 0 Å². The van der Waals surface area contributed by atoms with Crippen LogP contribution in [0.3, 0.4) is 0 Å². The Morgan fingerprint density at radius 2 is 2.00 bits per heavy atom. The molecule has 1 aliphatic rings. The number of aromatic nitrogens is 3. The molecule has 0 radical (unpaired) electrons. The zero-order valence-corrected chi connectivity index (χ0v) is 8.35. The minimum absolute atomic E-state index is 0. The molecule has 1 fully saturated rings. The molecular weight excluding hydrogens is 206 g/mol. The second-order valence-electron chi connectivity index (χ2n) is 3.50. The van der Waals surface area contributed by atoms with Gasteiger partial charge in [0.1, 0.15) is 12.7 Å².